The number of anilines is 1. The van der Waals surface area contributed by atoms with Crippen LogP contribution >= 0.6 is 0 Å². The number of nitrogens with two attached hydrogens (primary N) is 1. The van der Waals surface area contributed by atoms with Crippen molar-refractivity contribution in [1.29, 1.82) is 0 Å². The fraction of sp³-hybridized carbons (Fsp3) is 0.200. The number of hydrogen-bond acceptors (Lipinski definition) is 5. The van der Waals surface area contributed by atoms with Crippen molar-refractivity contribution in [3.8, 4) is 5.82 Å². The molecule has 0 aliphatic rings. The van der Waals surface area contributed by atoms with Crippen LogP contribution in [0.5, 0.6) is 0 Å². The second-order valence-corrected chi connectivity index (χ2v) is 3.60. The van der Waals surface area contributed by atoms with E-state index in [1.54, 1.807) is 26.0 Å². The van der Waals surface area contributed by atoms with Crippen LogP contribution in [0, 0.1) is 13.8 Å². The Hall–Kier alpha value is -2.44. The predicted octanol–water partition coefficient (Wildman–Crippen LogP) is 0.560. The number of aromatic nitrogens is 4. The van der Waals surface area contributed by atoms with Crippen molar-refractivity contribution in [2.24, 2.45) is 0 Å². The van der Waals surface area contributed by atoms with E-state index >= 15 is 0 Å². The lowest BCUT2D eigenvalue weighted by atomic mass is 10.2. The number of aryl methyl sites for hydroxylation is 2. The van der Waals surface area contributed by atoms with Crippen LogP contribution < -0.4 is 5.73 Å². The van der Waals surface area contributed by atoms with Gasteiger partial charge in [0.2, 0.25) is 0 Å². The van der Waals surface area contributed by atoms with Crippen molar-refractivity contribution in [1.82, 2.24) is 20.0 Å². The lowest BCUT2D eigenvalue weighted by Crippen LogP contribution is -2.07. The van der Waals surface area contributed by atoms with Gasteiger partial charge in [0.1, 0.15) is 11.4 Å². The molecule has 0 fully saturated rings. The summed E-state index contributed by atoms with van der Waals surface area (Å²) in [5.74, 6) is -0.664. The molecule has 17 heavy (non-hydrogen) atoms. The second kappa shape index (κ2) is 3.85. The molecule has 0 atom stereocenters. The molecule has 2 aromatic heterocycles. The predicted molar refractivity (Wildman–Crippen MR) is 60.0 cm³/mol. The molecule has 7 heteroatoms. The molecule has 0 saturated heterocycles. The minimum absolute atomic E-state index is 0.00706. The molecule has 0 bridgehead atoms. The van der Waals surface area contributed by atoms with Gasteiger partial charge in [-0.2, -0.15) is 14.9 Å². The zero-order chi connectivity index (χ0) is 12.6. The average Bonchev–Trinajstić information content (AvgIpc) is 2.55. The standard InChI is InChI=1S/C10H11N5O2/c1-5-3-4-7(13-12-5)15-9(11)8(10(16)17)6(2)14-15/h3-4H,11H2,1-2H3,(H,16,17). The molecule has 7 nitrogen and oxygen atoms in total. The highest BCUT2D eigenvalue weighted by Gasteiger charge is 2.20. The zero-order valence-corrected chi connectivity index (χ0v) is 9.38. The van der Waals surface area contributed by atoms with Gasteiger partial charge in [-0.05, 0) is 26.0 Å². The second-order valence-electron chi connectivity index (χ2n) is 3.60. The summed E-state index contributed by atoms with van der Waals surface area (Å²) in [5.41, 5.74) is 6.82. The van der Waals surface area contributed by atoms with Gasteiger partial charge >= 0.3 is 5.97 Å². The first kappa shape index (κ1) is 11.1. The van der Waals surface area contributed by atoms with Crippen LogP contribution in [-0.2, 0) is 0 Å². The Kier molecular flexibility index (Phi) is 2.51. The van der Waals surface area contributed by atoms with E-state index in [1.807, 2.05) is 0 Å². The fourth-order valence-corrected chi connectivity index (χ4v) is 1.49. The highest BCUT2D eigenvalue weighted by atomic mass is 16.4. The van der Waals surface area contributed by atoms with Gasteiger partial charge in [-0.25, -0.2) is 4.79 Å². The van der Waals surface area contributed by atoms with E-state index < -0.39 is 5.97 Å². The minimum atomic E-state index is -1.11. The quantitative estimate of drug-likeness (QED) is 0.784. The largest absolute Gasteiger partial charge is 0.477 e. The Morgan fingerprint density at radius 2 is 2.06 bits per heavy atom. The molecular weight excluding hydrogens is 222 g/mol. The first-order chi connectivity index (χ1) is 8.00. The SMILES string of the molecule is Cc1ccc(-n2nc(C)c(C(=O)O)c2N)nn1. The van der Waals surface area contributed by atoms with Crippen LogP contribution in [0.15, 0.2) is 12.1 Å². The number of aromatic carboxylic acids is 1. The number of carboxylic acid groups (broad SMARTS) is 1. The highest BCUT2D eigenvalue weighted by molar-refractivity contribution is 5.94. The van der Waals surface area contributed by atoms with Gasteiger partial charge in [0.25, 0.3) is 0 Å². The molecule has 88 valence electrons. The molecule has 2 rings (SSSR count). The third-order valence-electron chi connectivity index (χ3n) is 2.31. The Bertz CT molecular complexity index is 573. The van der Waals surface area contributed by atoms with Crippen LogP contribution in [0.3, 0.4) is 0 Å². The fourth-order valence-electron chi connectivity index (χ4n) is 1.49. The van der Waals surface area contributed by atoms with E-state index in [2.05, 4.69) is 15.3 Å². The molecule has 0 aliphatic heterocycles. The Morgan fingerprint density at radius 1 is 1.35 bits per heavy atom. The maximum Gasteiger partial charge on any atom is 0.341 e. The van der Waals surface area contributed by atoms with Gasteiger partial charge in [0.15, 0.2) is 5.82 Å². The summed E-state index contributed by atoms with van der Waals surface area (Å²) in [6, 6.07) is 3.43. The summed E-state index contributed by atoms with van der Waals surface area (Å²) in [6.07, 6.45) is 0. The third kappa shape index (κ3) is 1.82. The van der Waals surface area contributed by atoms with Crippen molar-refractivity contribution in [3.63, 3.8) is 0 Å². The van der Waals surface area contributed by atoms with Crippen molar-refractivity contribution in [3.05, 3.63) is 29.1 Å². The zero-order valence-electron chi connectivity index (χ0n) is 9.38. The van der Waals surface area contributed by atoms with Gasteiger partial charge in [-0.1, -0.05) is 0 Å². The summed E-state index contributed by atoms with van der Waals surface area (Å²) in [6.45, 7) is 3.38. The number of nitrogens with zero attached hydrogens (tertiary/aromatic N) is 4. The van der Waals surface area contributed by atoms with E-state index in [-0.39, 0.29) is 11.4 Å². The lowest BCUT2D eigenvalue weighted by Gasteiger charge is -2.02. The Balaban J connectivity index is 2.57. The normalized spacial score (nSPS) is 10.5. The maximum atomic E-state index is 11.0. The summed E-state index contributed by atoms with van der Waals surface area (Å²) < 4.78 is 1.27. The first-order valence-electron chi connectivity index (χ1n) is 4.90. The Morgan fingerprint density at radius 3 is 2.53 bits per heavy atom. The van der Waals surface area contributed by atoms with E-state index in [9.17, 15) is 4.79 Å². The van der Waals surface area contributed by atoms with Crippen LogP contribution in [0.25, 0.3) is 5.82 Å². The maximum absolute atomic E-state index is 11.0. The van der Waals surface area contributed by atoms with E-state index in [0.29, 0.717) is 11.5 Å². The van der Waals surface area contributed by atoms with Crippen LogP contribution in [0.4, 0.5) is 5.82 Å². The van der Waals surface area contributed by atoms with E-state index in [4.69, 9.17) is 10.8 Å². The first-order valence-corrected chi connectivity index (χ1v) is 4.90. The molecule has 3 N–H and O–H groups in total. The molecule has 0 aromatic carbocycles. The monoisotopic (exact) mass is 233 g/mol. The average molecular weight is 233 g/mol. The summed E-state index contributed by atoms with van der Waals surface area (Å²) in [7, 11) is 0. The van der Waals surface area contributed by atoms with Crippen molar-refractivity contribution in [2.75, 3.05) is 5.73 Å². The smallest absolute Gasteiger partial charge is 0.341 e. The molecule has 0 radical (unpaired) electrons. The summed E-state index contributed by atoms with van der Waals surface area (Å²) in [4.78, 5) is 11.0. The van der Waals surface area contributed by atoms with Crippen LogP contribution in [0.2, 0.25) is 0 Å². The molecule has 0 aliphatic carbocycles. The molecule has 0 unspecified atom stereocenters. The van der Waals surface area contributed by atoms with Gasteiger partial charge < -0.3 is 10.8 Å². The molecule has 2 aromatic rings. The van der Waals surface area contributed by atoms with Gasteiger partial charge in [0, 0.05) is 0 Å². The number of carboxylic acids is 1. The van der Waals surface area contributed by atoms with Gasteiger partial charge in [-0.15, -0.1) is 5.10 Å². The van der Waals surface area contributed by atoms with Gasteiger partial charge in [0.05, 0.1) is 11.4 Å². The summed E-state index contributed by atoms with van der Waals surface area (Å²) in [5, 5.41) is 20.8. The Labute approximate surface area is 96.9 Å². The van der Waals surface area contributed by atoms with Crippen molar-refractivity contribution in [2.45, 2.75) is 13.8 Å². The number of carbonyl (C=O) groups is 1. The molecule has 0 spiro atoms. The molecule has 0 saturated carbocycles. The number of nitrogen functional groups attached to an aromatic ring is 1. The third-order valence-corrected chi connectivity index (χ3v) is 2.31. The minimum Gasteiger partial charge on any atom is -0.477 e. The number of rotatable bonds is 2. The van der Waals surface area contributed by atoms with E-state index in [0.717, 1.165) is 5.69 Å². The number of hydrogen-bond donors (Lipinski definition) is 2. The molecule has 2 heterocycles. The summed E-state index contributed by atoms with van der Waals surface area (Å²) >= 11 is 0. The van der Waals surface area contributed by atoms with Crippen molar-refractivity contribution >= 4 is 11.8 Å². The lowest BCUT2D eigenvalue weighted by molar-refractivity contribution is 0.0697. The highest BCUT2D eigenvalue weighted by Crippen LogP contribution is 2.19. The van der Waals surface area contributed by atoms with Gasteiger partial charge in [-0.3, -0.25) is 0 Å². The molecule has 0 amide bonds. The van der Waals surface area contributed by atoms with E-state index in [1.165, 1.54) is 4.68 Å². The molecular formula is C10H11N5O2. The van der Waals surface area contributed by atoms with Crippen LogP contribution in [0.1, 0.15) is 21.7 Å². The topological polar surface area (TPSA) is 107 Å². The van der Waals surface area contributed by atoms with Crippen molar-refractivity contribution < 1.29 is 9.90 Å². The van der Waals surface area contributed by atoms with Crippen LogP contribution in [-0.4, -0.2) is 31.1 Å².